The second kappa shape index (κ2) is 6.30. The molecular weight excluding hydrogens is 308 g/mol. The fourth-order valence-corrected chi connectivity index (χ4v) is 4.61. The number of amides is 1. The second-order valence-corrected chi connectivity index (χ2v) is 7.80. The first-order valence-electron chi connectivity index (χ1n) is 9.29. The summed E-state index contributed by atoms with van der Waals surface area (Å²) in [5.41, 5.74) is 11.8. The van der Waals surface area contributed by atoms with Crippen LogP contribution in [0.25, 0.3) is 0 Å². The van der Waals surface area contributed by atoms with E-state index in [2.05, 4.69) is 53.8 Å². The molecule has 0 heterocycles. The highest BCUT2D eigenvalue weighted by molar-refractivity contribution is 5.81. The average molecular weight is 334 g/mol. The Labute approximate surface area is 149 Å². The standard InChI is InChI=1S/C22H26N2O/c1-13(2)21(23)22(25)24-12-14-11-19-15-7-3-5-9-17(15)20(14)18-10-6-4-8-16(18)19/h3-10,13-14,19-21H,11-12,23H2,1-2H3,(H,24,25)/t14?,19?,20?,21-/m0/s1. The zero-order valence-corrected chi connectivity index (χ0v) is 14.9. The number of hydrogen-bond donors (Lipinski definition) is 2. The molecule has 0 aliphatic heterocycles. The van der Waals surface area contributed by atoms with Crippen LogP contribution in [-0.2, 0) is 4.79 Å². The number of nitrogens with one attached hydrogen (secondary N) is 1. The molecule has 3 aliphatic carbocycles. The third-order valence-electron chi connectivity index (χ3n) is 5.98. The molecule has 5 rings (SSSR count). The topological polar surface area (TPSA) is 55.1 Å². The molecule has 0 saturated carbocycles. The van der Waals surface area contributed by atoms with Crippen LogP contribution in [0.1, 0.15) is 54.4 Å². The van der Waals surface area contributed by atoms with Crippen LogP contribution in [0.3, 0.4) is 0 Å². The van der Waals surface area contributed by atoms with E-state index in [0.717, 1.165) is 6.42 Å². The Kier molecular flexibility index (Phi) is 4.12. The Morgan fingerprint density at radius 3 is 2.08 bits per heavy atom. The van der Waals surface area contributed by atoms with Crippen molar-refractivity contribution < 1.29 is 4.79 Å². The van der Waals surface area contributed by atoms with Gasteiger partial charge in [-0.1, -0.05) is 62.4 Å². The quantitative estimate of drug-likeness (QED) is 0.900. The summed E-state index contributed by atoms with van der Waals surface area (Å²) in [7, 11) is 0. The van der Waals surface area contributed by atoms with Crippen molar-refractivity contribution in [2.75, 3.05) is 6.54 Å². The minimum Gasteiger partial charge on any atom is -0.354 e. The zero-order chi connectivity index (χ0) is 17.6. The molecule has 0 spiro atoms. The Hall–Kier alpha value is -2.13. The lowest BCUT2D eigenvalue weighted by atomic mass is 9.59. The highest BCUT2D eigenvalue weighted by Crippen LogP contribution is 2.55. The van der Waals surface area contributed by atoms with Crippen molar-refractivity contribution in [2.24, 2.45) is 17.6 Å². The van der Waals surface area contributed by atoms with Crippen LogP contribution >= 0.6 is 0 Å². The predicted molar refractivity (Wildman–Crippen MR) is 101 cm³/mol. The first-order chi connectivity index (χ1) is 12.1. The van der Waals surface area contributed by atoms with E-state index in [9.17, 15) is 4.79 Å². The number of carbonyl (C=O) groups excluding carboxylic acids is 1. The minimum atomic E-state index is -0.430. The summed E-state index contributed by atoms with van der Waals surface area (Å²) in [5.74, 6) is 1.37. The Morgan fingerprint density at radius 1 is 1.04 bits per heavy atom. The van der Waals surface area contributed by atoms with Crippen molar-refractivity contribution in [2.45, 2.75) is 38.1 Å². The van der Waals surface area contributed by atoms with Gasteiger partial charge >= 0.3 is 0 Å². The van der Waals surface area contributed by atoms with Gasteiger partial charge in [0.15, 0.2) is 0 Å². The van der Waals surface area contributed by atoms with E-state index in [4.69, 9.17) is 5.73 Å². The molecule has 130 valence electrons. The Balaban J connectivity index is 1.62. The van der Waals surface area contributed by atoms with Crippen molar-refractivity contribution in [3.8, 4) is 0 Å². The molecule has 2 bridgehead atoms. The minimum absolute atomic E-state index is 0.0296. The van der Waals surface area contributed by atoms with Crippen LogP contribution in [0.4, 0.5) is 0 Å². The van der Waals surface area contributed by atoms with Crippen LogP contribution in [0, 0.1) is 11.8 Å². The van der Waals surface area contributed by atoms with Crippen LogP contribution in [0.5, 0.6) is 0 Å². The molecule has 0 aromatic heterocycles. The summed E-state index contributed by atoms with van der Waals surface area (Å²) in [6, 6.07) is 17.2. The van der Waals surface area contributed by atoms with Gasteiger partial charge < -0.3 is 11.1 Å². The van der Waals surface area contributed by atoms with E-state index in [-0.39, 0.29) is 11.8 Å². The Bertz CT molecular complexity index is 751. The van der Waals surface area contributed by atoms with Crippen LogP contribution in [0.2, 0.25) is 0 Å². The monoisotopic (exact) mass is 334 g/mol. The van der Waals surface area contributed by atoms with Gasteiger partial charge in [0, 0.05) is 18.4 Å². The number of nitrogens with two attached hydrogens (primary N) is 1. The highest BCUT2D eigenvalue weighted by atomic mass is 16.2. The van der Waals surface area contributed by atoms with Gasteiger partial charge in [0.25, 0.3) is 0 Å². The van der Waals surface area contributed by atoms with Gasteiger partial charge in [-0.2, -0.15) is 0 Å². The largest absolute Gasteiger partial charge is 0.354 e. The molecule has 2 aromatic rings. The van der Waals surface area contributed by atoms with Gasteiger partial charge in [0.05, 0.1) is 6.04 Å². The lowest BCUT2D eigenvalue weighted by Crippen LogP contribution is -2.47. The summed E-state index contributed by atoms with van der Waals surface area (Å²) in [5, 5.41) is 3.12. The normalized spacial score (nSPS) is 24.6. The molecule has 0 radical (unpaired) electrons. The third kappa shape index (κ3) is 2.67. The van der Waals surface area contributed by atoms with Gasteiger partial charge in [-0.3, -0.25) is 4.79 Å². The number of hydrogen-bond acceptors (Lipinski definition) is 2. The summed E-state index contributed by atoms with van der Waals surface area (Å²) >= 11 is 0. The predicted octanol–water partition coefficient (Wildman–Crippen LogP) is 3.38. The molecule has 1 unspecified atom stereocenters. The first kappa shape index (κ1) is 16.3. The summed E-state index contributed by atoms with van der Waals surface area (Å²) in [4.78, 5) is 12.3. The summed E-state index contributed by atoms with van der Waals surface area (Å²) < 4.78 is 0. The maximum Gasteiger partial charge on any atom is 0.237 e. The third-order valence-corrected chi connectivity index (χ3v) is 5.98. The van der Waals surface area contributed by atoms with E-state index in [1.165, 1.54) is 22.3 Å². The highest BCUT2D eigenvalue weighted by Gasteiger charge is 2.42. The molecule has 25 heavy (non-hydrogen) atoms. The van der Waals surface area contributed by atoms with Crippen molar-refractivity contribution in [1.82, 2.24) is 5.32 Å². The summed E-state index contributed by atoms with van der Waals surface area (Å²) in [6.07, 6.45) is 1.09. The molecule has 3 heteroatoms. The fraction of sp³-hybridized carbons (Fsp3) is 0.409. The average Bonchev–Trinajstić information content (AvgIpc) is 2.65. The van der Waals surface area contributed by atoms with Crippen molar-refractivity contribution in [3.63, 3.8) is 0 Å². The molecule has 1 amide bonds. The first-order valence-corrected chi connectivity index (χ1v) is 9.29. The van der Waals surface area contributed by atoms with E-state index in [1.807, 2.05) is 13.8 Å². The number of fused-ring (bicyclic) bond motifs is 1. The molecule has 3 aliphatic rings. The van der Waals surface area contributed by atoms with Gasteiger partial charge in [0.1, 0.15) is 0 Å². The Morgan fingerprint density at radius 2 is 1.56 bits per heavy atom. The maximum absolute atomic E-state index is 12.3. The van der Waals surface area contributed by atoms with E-state index < -0.39 is 6.04 Å². The molecular formula is C22H26N2O. The summed E-state index contributed by atoms with van der Waals surface area (Å²) in [6.45, 7) is 4.67. The van der Waals surface area contributed by atoms with Crippen LogP contribution < -0.4 is 11.1 Å². The van der Waals surface area contributed by atoms with Gasteiger partial charge in [-0.05, 0) is 40.5 Å². The second-order valence-electron chi connectivity index (χ2n) is 7.80. The van der Waals surface area contributed by atoms with Crippen molar-refractivity contribution in [1.29, 1.82) is 0 Å². The van der Waals surface area contributed by atoms with Crippen LogP contribution in [0.15, 0.2) is 48.5 Å². The van der Waals surface area contributed by atoms with E-state index in [1.54, 1.807) is 0 Å². The molecule has 3 nitrogen and oxygen atoms in total. The molecule has 2 aromatic carbocycles. The molecule has 3 N–H and O–H groups in total. The van der Waals surface area contributed by atoms with Gasteiger partial charge in [-0.15, -0.1) is 0 Å². The lowest BCUT2D eigenvalue weighted by molar-refractivity contribution is -0.123. The van der Waals surface area contributed by atoms with Gasteiger partial charge in [0.2, 0.25) is 5.91 Å². The SMILES string of the molecule is CC(C)[C@H](N)C(=O)NCC1CC2c3ccccc3C1c1ccccc12. The molecule has 0 fully saturated rings. The fourth-order valence-electron chi connectivity index (χ4n) is 4.61. The lowest BCUT2D eigenvalue weighted by Gasteiger charge is -2.45. The van der Waals surface area contributed by atoms with E-state index >= 15 is 0 Å². The smallest absolute Gasteiger partial charge is 0.237 e. The van der Waals surface area contributed by atoms with Gasteiger partial charge in [-0.25, -0.2) is 0 Å². The number of rotatable bonds is 4. The van der Waals surface area contributed by atoms with Crippen molar-refractivity contribution >= 4 is 5.91 Å². The zero-order valence-electron chi connectivity index (χ0n) is 14.9. The maximum atomic E-state index is 12.3. The van der Waals surface area contributed by atoms with Crippen LogP contribution in [-0.4, -0.2) is 18.5 Å². The van der Waals surface area contributed by atoms with Crippen molar-refractivity contribution in [3.05, 3.63) is 70.8 Å². The molecule has 0 saturated heterocycles. The molecule has 2 atom stereocenters. The number of benzene rings is 2. The van der Waals surface area contributed by atoms with E-state index in [0.29, 0.717) is 24.3 Å². The number of carbonyl (C=O) groups is 1.